The third-order valence-corrected chi connectivity index (χ3v) is 9.24. The summed E-state index contributed by atoms with van der Waals surface area (Å²) in [6.45, 7) is 7.37. The quantitative estimate of drug-likeness (QED) is 0.656. The average molecular weight is 492 g/mol. The summed E-state index contributed by atoms with van der Waals surface area (Å²) in [5.74, 6) is 0.00708. The van der Waals surface area contributed by atoms with Crippen molar-refractivity contribution < 1.29 is 22.9 Å². The van der Waals surface area contributed by atoms with Gasteiger partial charge in [-0.05, 0) is 43.5 Å². The lowest BCUT2D eigenvalue weighted by Crippen LogP contribution is -2.40. The molecule has 0 bridgehead atoms. The third kappa shape index (κ3) is 4.99. The van der Waals surface area contributed by atoms with E-state index >= 15 is 0 Å². The topological polar surface area (TPSA) is 96.0 Å². The molecule has 2 aliphatic rings. The van der Waals surface area contributed by atoms with Gasteiger partial charge in [0.2, 0.25) is 5.89 Å². The van der Waals surface area contributed by atoms with Gasteiger partial charge in [-0.3, -0.25) is 4.79 Å². The van der Waals surface area contributed by atoms with E-state index in [1.165, 1.54) is 0 Å². The highest BCUT2D eigenvalue weighted by Crippen LogP contribution is 2.44. The number of rotatable bonds is 4. The second-order valence-electron chi connectivity index (χ2n) is 10.3. The van der Waals surface area contributed by atoms with E-state index in [-0.39, 0.29) is 11.8 Å². The molecule has 1 aliphatic carbocycles. The Morgan fingerprint density at radius 2 is 1.85 bits per heavy atom. The highest BCUT2D eigenvalue weighted by Gasteiger charge is 2.40. The van der Waals surface area contributed by atoms with Crippen molar-refractivity contribution in [2.75, 3.05) is 36.5 Å². The molecule has 1 aromatic carbocycles. The number of aliphatic carboxylic acids is 1. The first-order chi connectivity index (χ1) is 16.0. The summed E-state index contributed by atoms with van der Waals surface area (Å²) in [6.07, 6.45) is -0.353. The standard InChI is InChI=1S/C25H34FN3O4S/c1-25(2,3)24-28-21(19-10-7-17(26)15-20(19)23(30)31)22(33-24)16-5-8-18(9-6-16)29-11-13-34(32,27-4)14-12-29/h5-6,8-9,17,19-20H,7,10-15H2,1-4H3,(H,30,31)/t17-,19+,20+/m0/s1. The molecule has 34 heavy (non-hydrogen) atoms. The van der Waals surface area contributed by atoms with Gasteiger partial charge < -0.3 is 14.4 Å². The zero-order valence-corrected chi connectivity index (χ0v) is 21.1. The molecule has 0 radical (unpaired) electrons. The first-order valence-electron chi connectivity index (χ1n) is 11.8. The maximum Gasteiger partial charge on any atom is 0.307 e. The van der Waals surface area contributed by atoms with E-state index in [1.54, 1.807) is 7.05 Å². The Morgan fingerprint density at radius 1 is 1.21 bits per heavy atom. The van der Waals surface area contributed by atoms with Crippen molar-refractivity contribution in [3.8, 4) is 11.3 Å². The summed E-state index contributed by atoms with van der Waals surface area (Å²) in [5.41, 5.74) is 2.10. The van der Waals surface area contributed by atoms with E-state index in [2.05, 4.69) is 9.26 Å². The van der Waals surface area contributed by atoms with Gasteiger partial charge in [0.25, 0.3) is 0 Å². The molecule has 2 aromatic rings. The van der Waals surface area contributed by atoms with Crippen molar-refractivity contribution in [2.24, 2.45) is 10.3 Å². The monoisotopic (exact) mass is 491 g/mol. The number of hydrogen-bond acceptors (Lipinski definition) is 6. The Morgan fingerprint density at radius 3 is 2.41 bits per heavy atom. The number of halogens is 1. The molecule has 2 heterocycles. The van der Waals surface area contributed by atoms with Gasteiger partial charge in [0.1, 0.15) is 6.17 Å². The lowest BCUT2D eigenvalue weighted by molar-refractivity contribution is -0.144. The molecule has 0 spiro atoms. The van der Waals surface area contributed by atoms with Crippen LogP contribution in [-0.4, -0.2) is 58.1 Å². The van der Waals surface area contributed by atoms with Crippen molar-refractivity contribution >= 4 is 21.4 Å². The maximum absolute atomic E-state index is 14.1. The van der Waals surface area contributed by atoms with Crippen molar-refractivity contribution in [3.63, 3.8) is 0 Å². The summed E-state index contributed by atoms with van der Waals surface area (Å²) in [7, 11) is -0.453. The highest BCUT2D eigenvalue weighted by atomic mass is 32.2. The molecule has 1 N–H and O–H groups in total. The van der Waals surface area contributed by atoms with Crippen LogP contribution in [0.5, 0.6) is 0 Å². The van der Waals surface area contributed by atoms with E-state index in [4.69, 9.17) is 9.40 Å². The summed E-state index contributed by atoms with van der Waals surface area (Å²) in [4.78, 5) is 18.9. The Balaban J connectivity index is 1.67. The van der Waals surface area contributed by atoms with E-state index in [0.29, 0.717) is 54.8 Å². The molecule has 1 saturated heterocycles. The Hall–Kier alpha value is -2.42. The normalized spacial score (nSPS) is 25.2. The zero-order valence-electron chi connectivity index (χ0n) is 20.3. The van der Waals surface area contributed by atoms with Gasteiger partial charge in [-0.2, -0.15) is 0 Å². The van der Waals surface area contributed by atoms with Crippen LogP contribution in [0.15, 0.2) is 33.0 Å². The van der Waals surface area contributed by atoms with E-state index in [0.717, 1.165) is 11.3 Å². The van der Waals surface area contributed by atoms with Crippen LogP contribution < -0.4 is 4.90 Å². The van der Waals surface area contributed by atoms with Gasteiger partial charge in [-0.25, -0.2) is 17.9 Å². The Bertz CT molecular complexity index is 1150. The molecule has 0 unspecified atom stereocenters. The van der Waals surface area contributed by atoms with Gasteiger partial charge in [0.05, 0.1) is 11.6 Å². The van der Waals surface area contributed by atoms with Crippen LogP contribution in [0.2, 0.25) is 0 Å². The number of carboxylic acid groups (broad SMARTS) is 1. The molecule has 4 rings (SSSR count). The lowest BCUT2D eigenvalue weighted by atomic mass is 9.76. The second-order valence-corrected chi connectivity index (χ2v) is 13.1. The molecule has 1 saturated carbocycles. The van der Waals surface area contributed by atoms with Crippen LogP contribution in [-0.2, 0) is 19.9 Å². The van der Waals surface area contributed by atoms with Gasteiger partial charge in [0, 0.05) is 64.0 Å². The fraction of sp³-hybridized carbons (Fsp3) is 0.600. The summed E-state index contributed by atoms with van der Waals surface area (Å²) >= 11 is 0. The molecule has 1 aliphatic heterocycles. The first-order valence-corrected chi connectivity index (χ1v) is 13.7. The van der Waals surface area contributed by atoms with Crippen LogP contribution in [0.3, 0.4) is 0 Å². The van der Waals surface area contributed by atoms with Gasteiger partial charge in [-0.15, -0.1) is 0 Å². The van der Waals surface area contributed by atoms with Crippen LogP contribution in [0.1, 0.15) is 57.5 Å². The lowest BCUT2D eigenvalue weighted by Gasteiger charge is -2.30. The molecule has 2 fully saturated rings. The van der Waals surface area contributed by atoms with Crippen LogP contribution in [0.4, 0.5) is 10.1 Å². The Kier molecular flexibility index (Phi) is 6.77. The van der Waals surface area contributed by atoms with Gasteiger partial charge >= 0.3 is 5.97 Å². The van der Waals surface area contributed by atoms with Gasteiger partial charge in [0.15, 0.2) is 5.76 Å². The minimum atomic E-state index is -2.08. The van der Waals surface area contributed by atoms with Crippen molar-refractivity contribution in [3.05, 3.63) is 35.9 Å². The van der Waals surface area contributed by atoms with Crippen LogP contribution in [0, 0.1) is 5.92 Å². The predicted octanol–water partition coefficient (Wildman–Crippen LogP) is 4.86. The fourth-order valence-electron chi connectivity index (χ4n) is 4.81. The molecular formula is C25H34FN3O4S. The predicted molar refractivity (Wildman–Crippen MR) is 132 cm³/mol. The largest absolute Gasteiger partial charge is 0.481 e. The van der Waals surface area contributed by atoms with Crippen LogP contribution in [0.25, 0.3) is 11.3 Å². The van der Waals surface area contributed by atoms with Crippen molar-refractivity contribution in [1.82, 2.24) is 4.98 Å². The number of carboxylic acids is 1. The van der Waals surface area contributed by atoms with E-state index < -0.39 is 33.7 Å². The fourth-order valence-corrected chi connectivity index (χ4v) is 6.39. The third-order valence-electron chi connectivity index (χ3n) is 6.94. The first kappa shape index (κ1) is 24.7. The maximum atomic E-state index is 14.1. The average Bonchev–Trinajstić information content (AvgIpc) is 3.25. The van der Waals surface area contributed by atoms with E-state index in [1.807, 2.05) is 45.0 Å². The second kappa shape index (κ2) is 9.32. The minimum absolute atomic E-state index is 0.00170. The minimum Gasteiger partial charge on any atom is -0.481 e. The number of aromatic nitrogens is 1. The van der Waals surface area contributed by atoms with Crippen LogP contribution >= 0.6 is 0 Å². The number of benzene rings is 1. The zero-order chi connectivity index (χ0) is 24.7. The number of anilines is 1. The number of alkyl halides is 1. The van der Waals surface area contributed by atoms with Crippen molar-refractivity contribution in [1.29, 1.82) is 0 Å². The molecule has 9 heteroatoms. The Labute approximate surface area is 200 Å². The summed E-state index contributed by atoms with van der Waals surface area (Å²) in [6, 6.07) is 7.92. The van der Waals surface area contributed by atoms with E-state index in [9.17, 15) is 18.5 Å². The van der Waals surface area contributed by atoms with Gasteiger partial charge in [-0.1, -0.05) is 20.8 Å². The molecule has 1 aromatic heterocycles. The summed E-state index contributed by atoms with van der Waals surface area (Å²) < 4.78 is 36.9. The smallest absolute Gasteiger partial charge is 0.307 e. The number of hydrogen-bond donors (Lipinski definition) is 1. The summed E-state index contributed by atoms with van der Waals surface area (Å²) in [5, 5.41) is 9.79. The number of nitrogens with zero attached hydrogens (tertiary/aromatic N) is 3. The highest BCUT2D eigenvalue weighted by molar-refractivity contribution is 7.93. The molecule has 7 nitrogen and oxygen atoms in total. The van der Waals surface area contributed by atoms with Crippen molar-refractivity contribution in [2.45, 2.75) is 57.5 Å². The molecule has 0 amide bonds. The SMILES string of the molecule is CN=S1(=O)CCN(c2ccc(-c3oc(C(C)(C)C)nc3[C@@H]3CC[C@H](F)C[C@H]3C(=O)O)cc2)CC1. The molecule has 186 valence electrons. The number of carbonyl (C=O) groups is 1. The molecular weight excluding hydrogens is 457 g/mol. The number of oxazole rings is 1. The molecule has 3 atom stereocenters.